The van der Waals surface area contributed by atoms with E-state index in [2.05, 4.69) is 4.98 Å². The summed E-state index contributed by atoms with van der Waals surface area (Å²) in [6, 6.07) is 5.04. The first kappa shape index (κ1) is 7.79. The molecule has 2 rings (SSSR count). The molecule has 0 radical (unpaired) electrons. The molecule has 0 fully saturated rings. The fraction of sp³-hybridized carbons (Fsp3) is 0.111. The highest BCUT2D eigenvalue weighted by molar-refractivity contribution is 5.47. The van der Waals surface area contributed by atoms with Crippen LogP contribution in [0, 0.1) is 6.92 Å². The highest BCUT2D eigenvalue weighted by atomic mass is 16.1. The summed E-state index contributed by atoms with van der Waals surface area (Å²) >= 11 is 0. The Morgan fingerprint density at radius 3 is 3.00 bits per heavy atom. The molecular weight excluding hydrogens is 166 g/mol. The first-order valence-electron chi connectivity index (χ1n) is 3.92. The van der Waals surface area contributed by atoms with E-state index in [1.54, 1.807) is 10.6 Å². The molecule has 0 aliphatic rings. The lowest BCUT2D eigenvalue weighted by Crippen LogP contribution is -2.11. The van der Waals surface area contributed by atoms with Crippen molar-refractivity contribution in [3.8, 4) is 0 Å². The number of nitrogens with zero attached hydrogens (tertiary/aromatic N) is 2. The van der Waals surface area contributed by atoms with Crippen molar-refractivity contribution in [2.24, 2.45) is 0 Å². The van der Waals surface area contributed by atoms with Crippen LogP contribution in [0.4, 0.5) is 5.82 Å². The van der Waals surface area contributed by atoms with Crippen molar-refractivity contribution in [3.05, 3.63) is 40.3 Å². The van der Waals surface area contributed by atoms with Crippen LogP contribution < -0.4 is 11.3 Å². The molecule has 0 unspecified atom stereocenters. The van der Waals surface area contributed by atoms with E-state index in [9.17, 15) is 4.79 Å². The lowest BCUT2D eigenvalue weighted by molar-refractivity contribution is 1.08. The van der Waals surface area contributed by atoms with Gasteiger partial charge in [-0.3, -0.25) is 9.20 Å². The van der Waals surface area contributed by atoms with Crippen molar-refractivity contribution >= 4 is 11.5 Å². The van der Waals surface area contributed by atoms with Crippen molar-refractivity contribution in [2.75, 3.05) is 5.73 Å². The number of fused-ring (bicyclic) bond motifs is 1. The van der Waals surface area contributed by atoms with Crippen LogP contribution >= 0.6 is 0 Å². The highest BCUT2D eigenvalue weighted by Crippen LogP contribution is 2.05. The van der Waals surface area contributed by atoms with Gasteiger partial charge in [0, 0.05) is 12.3 Å². The fourth-order valence-corrected chi connectivity index (χ4v) is 1.24. The van der Waals surface area contributed by atoms with Crippen LogP contribution in [0.1, 0.15) is 5.56 Å². The van der Waals surface area contributed by atoms with E-state index in [1.807, 2.05) is 19.1 Å². The molecule has 13 heavy (non-hydrogen) atoms. The number of nitrogen functional groups attached to an aromatic ring is 1. The molecule has 0 saturated carbocycles. The zero-order valence-corrected chi connectivity index (χ0v) is 7.19. The van der Waals surface area contributed by atoms with Gasteiger partial charge < -0.3 is 5.73 Å². The molecule has 4 nitrogen and oxygen atoms in total. The lowest BCUT2D eigenvalue weighted by Gasteiger charge is -2.03. The van der Waals surface area contributed by atoms with Gasteiger partial charge in [0.2, 0.25) is 0 Å². The molecule has 0 saturated heterocycles. The molecule has 4 heteroatoms. The summed E-state index contributed by atoms with van der Waals surface area (Å²) in [6.45, 7) is 1.94. The maximum atomic E-state index is 11.0. The average molecular weight is 175 g/mol. The van der Waals surface area contributed by atoms with E-state index in [0.29, 0.717) is 11.5 Å². The Labute approximate surface area is 74.6 Å². The van der Waals surface area contributed by atoms with E-state index in [4.69, 9.17) is 5.73 Å². The fourth-order valence-electron chi connectivity index (χ4n) is 1.24. The lowest BCUT2D eigenvalue weighted by atomic mass is 10.3. The molecule has 0 bridgehead atoms. The minimum Gasteiger partial charge on any atom is -0.385 e. The van der Waals surface area contributed by atoms with Gasteiger partial charge in [-0.15, -0.1) is 0 Å². The quantitative estimate of drug-likeness (QED) is 0.637. The van der Waals surface area contributed by atoms with Crippen molar-refractivity contribution in [2.45, 2.75) is 6.92 Å². The van der Waals surface area contributed by atoms with Gasteiger partial charge in [-0.1, -0.05) is 0 Å². The van der Waals surface area contributed by atoms with Gasteiger partial charge in [-0.25, -0.2) is 0 Å². The molecule has 0 aromatic carbocycles. The largest absolute Gasteiger partial charge is 0.385 e. The predicted molar refractivity (Wildman–Crippen MR) is 50.6 cm³/mol. The summed E-state index contributed by atoms with van der Waals surface area (Å²) in [7, 11) is 0. The third-order valence-corrected chi connectivity index (χ3v) is 1.86. The summed E-state index contributed by atoms with van der Waals surface area (Å²) in [5.41, 5.74) is 6.97. The summed E-state index contributed by atoms with van der Waals surface area (Å²) in [5, 5.41) is 0. The van der Waals surface area contributed by atoms with Gasteiger partial charge in [0.1, 0.15) is 11.5 Å². The summed E-state index contributed by atoms with van der Waals surface area (Å²) in [5.74, 6) is 0.412. The molecule has 2 heterocycles. The molecule has 0 aliphatic carbocycles. The SMILES string of the molecule is Cc1ccn2c(N)cc(=O)nc2c1. The summed E-state index contributed by atoms with van der Waals surface area (Å²) in [6.07, 6.45) is 1.80. The van der Waals surface area contributed by atoms with E-state index in [1.165, 1.54) is 6.07 Å². The Kier molecular flexibility index (Phi) is 1.55. The molecule has 2 aromatic heterocycles. The minimum atomic E-state index is -0.303. The molecule has 0 atom stereocenters. The monoisotopic (exact) mass is 175 g/mol. The second-order valence-corrected chi connectivity index (χ2v) is 2.95. The van der Waals surface area contributed by atoms with Gasteiger partial charge in [-0.05, 0) is 24.6 Å². The van der Waals surface area contributed by atoms with Crippen LogP contribution in [0.5, 0.6) is 0 Å². The number of nitrogens with two attached hydrogens (primary N) is 1. The standard InChI is InChI=1S/C9H9N3O/c1-6-2-3-12-7(10)5-9(13)11-8(12)4-6/h2-5H,10H2,1H3. The molecule has 0 aliphatic heterocycles. The molecule has 2 aromatic rings. The zero-order valence-electron chi connectivity index (χ0n) is 7.19. The van der Waals surface area contributed by atoms with Crippen LogP contribution in [-0.4, -0.2) is 9.38 Å². The van der Waals surface area contributed by atoms with E-state index < -0.39 is 0 Å². The normalized spacial score (nSPS) is 10.5. The van der Waals surface area contributed by atoms with Gasteiger partial charge >= 0.3 is 0 Å². The van der Waals surface area contributed by atoms with Gasteiger partial charge in [-0.2, -0.15) is 4.98 Å². The smallest absolute Gasteiger partial charge is 0.275 e. The highest BCUT2D eigenvalue weighted by Gasteiger charge is 1.98. The summed E-state index contributed by atoms with van der Waals surface area (Å²) in [4.78, 5) is 14.8. The number of rotatable bonds is 0. The Morgan fingerprint density at radius 2 is 2.23 bits per heavy atom. The zero-order chi connectivity index (χ0) is 9.42. The number of aromatic nitrogens is 2. The van der Waals surface area contributed by atoms with Gasteiger partial charge in [0.05, 0.1) is 0 Å². The Hall–Kier alpha value is -1.84. The first-order valence-corrected chi connectivity index (χ1v) is 3.92. The third-order valence-electron chi connectivity index (χ3n) is 1.86. The molecule has 66 valence electrons. The Morgan fingerprint density at radius 1 is 1.46 bits per heavy atom. The van der Waals surface area contributed by atoms with Crippen molar-refractivity contribution in [1.82, 2.24) is 9.38 Å². The minimum absolute atomic E-state index is 0.303. The van der Waals surface area contributed by atoms with Crippen molar-refractivity contribution < 1.29 is 0 Å². The van der Waals surface area contributed by atoms with Gasteiger partial charge in [0.15, 0.2) is 0 Å². The number of pyridine rings is 1. The number of aryl methyl sites for hydroxylation is 1. The predicted octanol–water partition coefficient (Wildman–Crippen LogP) is 0.585. The average Bonchev–Trinajstić information content (AvgIpc) is 2.02. The van der Waals surface area contributed by atoms with Crippen LogP contribution in [-0.2, 0) is 0 Å². The first-order chi connectivity index (χ1) is 6.16. The second kappa shape index (κ2) is 2.58. The number of hydrogen-bond donors (Lipinski definition) is 1. The van der Waals surface area contributed by atoms with E-state index >= 15 is 0 Å². The van der Waals surface area contributed by atoms with Crippen LogP contribution in [0.15, 0.2) is 29.2 Å². The van der Waals surface area contributed by atoms with Crippen LogP contribution in [0.25, 0.3) is 5.65 Å². The second-order valence-electron chi connectivity index (χ2n) is 2.95. The number of hydrogen-bond acceptors (Lipinski definition) is 3. The molecule has 0 amide bonds. The third kappa shape index (κ3) is 1.26. The van der Waals surface area contributed by atoms with Crippen LogP contribution in [0.3, 0.4) is 0 Å². The van der Waals surface area contributed by atoms with Crippen molar-refractivity contribution in [3.63, 3.8) is 0 Å². The van der Waals surface area contributed by atoms with E-state index in [0.717, 1.165) is 5.56 Å². The molecule has 2 N–H and O–H groups in total. The van der Waals surface area contributed by atoms with Crippen LogP contribution in [0.2, 0.25) is 0 Å². The van der Waals surface area contributed by atoms with E-state index in [-0.39, 0.29) is 5.56 Å². The maximum absolute atomic E-state index is 11.0. The van der Waals surface area contributed by atoms with Gasteiger partial charge in [0.25, 0.3) is 5.56 Å². The maximum Gasteiger partial charge on any atom is 0.275 e. The topological polar surface area (TPSA) is 60.4 Å². The Balaban J connectivity index is 2.94. The molecular formula is C9H9N3O. The Bertz CT molecular complexity index is 516. The number of anilines is 1. The van der Waals surface area contributed by atoms with Crippen molar-refractivity contribution in [1.29, 1.82) is 0 Å². The molecule has 0 spiro atoms. The summed E-state index contributed by atoms with van der Waals surface area (Å²) < 4.78 is 1.67.